The van der Waals surface area contributed by atoms with Crippen molar-refractivity contribution in [3.8, 4) is 0 Å². The molecule has 140 valence electrons. The summed E-state index contributed by atoms with van der Waals surface area (Å²) in [6.45, 7) is 0.612. The first-order valence-electron chi connectivity index (χ1n) is 8.68. The second-order valence-corrected chi connectivity index (χ2v) is 6.12. The average molecular weight is 375 g/mol. The third-order valence-electron chi connectivity index (χ3n) is 4.19. The topological polar surface area (TPSA) is 122 Å². The molecule has 0 bridgehead atoms. The maximum atomic E-state index is 11.4. The Labute approximate surface area is 160 Å². The van der Waals surface area contributed by atoms with Crippen molar-refractivity contribution in [3.63, 3.8) is 0 Å². The quantitative estimate of drug-likeness (QED) is 0.333. The van der Waals surface area contributed by atoms with Crippen molar-refractivity contribution in [1.82, 2.24) is 20.2 Å². The van der Waals surface area contributed by atoms with Crippen LogP contribution in [-0.4, -0.2) is 31.6 Å². The summed E-state index contributed by atoms with van der Waals surface area (Å²) >= 11 is 0. The van der Waals surface area contributed by atoms with E-state index < -0.39 is 4.92 Å². The lowest BCUT2D eigenvalue weighted by molar-refractivity contribution is -0.384. The maximum absolute atomic E-state index is 11.4. The number of nitro groups is 1. The van der Waals surface area contributed by atoms with E-state index in [1.807, 2.05) is 36.4 Å². The molecule has 0 saturated carbocycles. The van der Waals surface area contributed by atoms with E-state index in [0.717, 1.165) is 23.0 Å². The predicted octanol–water partition coefficient (Wildman–Crippen LogP) is 3.66. The molecule has 0 unspecified atom stereocenters. The molecule has 0 atom stereocenters. The fourth-order valence-corrected chi connectivity index (χ4v) is 2.81. The highest BCUT2D eigenvalue weighted by atomic mass is 16.6. The van der Waals surface area contributed by atoms with Gasteiger partial charge in [0.05, 0.1) is 16.6 Å². The molecule has 0 aliphatic heterocycles. The number of aromatic nitrogens is 4. The SMILES string of the molecule is O=[N+]([O-])c1ccc(NCCc2ccccn2)nc1Nc1ccc2cn[nH]c2c1. The van der Waals surface area contributed by atoms with Crippen LogP contribution in [0.25, 0.3) is 10.9 Å². The number of benzene rings is 1. The van der Waals surface area contributed by atoms with Gasteiger partial charge in [0.2, 0.25) is 5.82 Å². The highest BCUT2D eigenvalue weighted by Gasteiger charge is 2.16. The Morgan fingerprint density at radius 2 is 2.07 bits per heavy atom. The smallest absolute Gasteiger partial charge is 0.311 e. The van der Waals surface area contributed by atoms with Gasteiger partial charge in [0.1, 0.15) is 5.82 Å². The minimum Gasteiger partial charge on any atom is -0.370 e. The second-order valence-electron chi connectivity index (χ2n) is 6.12. The van der Waals surface area contributed by atoms with E-state index in [2.05, 4.69) is 30.8 Å². The van der Waals surface area contributed by atoms with Crippen LogP contribution in [-0.2, 0) is 6.42 Å². The number of H-pyrrole nitrogens is 1. The minimum atomic E-state index is -0.457. The molecule has 28 heavy (non-hydrogen) atoms. The van der Waals surface area contributed by atoms with Gasteiger partial charge in [-0.15, -0.1) is 0 Å². The molecule has 0 spiro atoms. The molecule has 4 aromatic rings. The van der Waals surface area contributed by atoms with E-state index in [-0.39, 0.29) is 11.5 Å². The molecular weight excluding hydrogens is 358 g/mol. The summed E-state index contributed by atoms with van der Waals surface area (Å²) in [5.41, 5.74) is 2.37. The van der Waals surface area contributed by atoms with Crippen LogP contribution in [0, 0.1) is 10.1 Å². The summed E-state index contributed by atoms with van der Waals surface area (Å²) in [7, 11) is 0. The van der Waals surface area contributed by atoms with Crippen molar-refractivity contribution >= 4 is 33.9 Å². The molecule has 3 N–H and O–H groups in total. The summed E-state index contributed by atoms with van der Waals surface area (Å²) in [5, 5.41) is 25.4. The van der Waals surface area contributed by atoms with Gasteiger partial charge in [-0.25, -0.2) is 4.98 Å². The second kappa shape index (κ2) is 7.70. The first-order chi connectivity index (χ1) is 13.7. The molecule has 1 aromatic carbocycles. The number of anilines is 3. The number of aromatic amines is 1. The van der Waals surface area contributed by atoms with Crippen molar-refractivity contribution in [1.29, 1.82) is 0 Å². The third-order valence-corrected chi connectivity index (χ3v) is 4.19. The molecule has 3 aromatic heterocycles. The Morgan fingerprint density at radius 3 is 2.89 bits per heavy atom. The molecule has 9 heteroatoms. The molecule has 3 heterocycles. The molecule has 0 radical (unpaired) electrons. The number of fused-ring (bicyclic) bond motifs is 1. The van der Waals surface area contributed by atoms with Crippen LogP contribution in [0.5, 0.6) is 0 Å². The van der Waals surface area contributed by atoms with Crippen LogP contribution in [0.2, 0.25) is 0 Å². The first-order valence-corrected chi connectivity index (χ1v) is 8.68. The van der Waals surface area contributed by atoms with Gasteiger partial charge in [0.15, 0.2) is 0 Å². The van der Waals surface area contributed by atoms with Gasteiger partial charge >= 0.3 is 5.69 Å². The molecule has 9 nitrogen and oxygen atoms in total. The Kier molecular flexibility index (Phi) is 4.79. The molecule has 4 rings (SSSR count). The maximum Gasteiger partial charge on any atom is 0.311 e. The lowest BCUT2D eigenvalue weighted by atomic mass is 10.2. The van der Waals surface area contributed by atoms with E-state index in [9.17, 15) is 10.1 Å². The number of nitrogens with zero attached hydrogens (tertiary/aromatic N) is 4. The van der Waals surface area contributed by atoms with Crippen LogP contribution in [0.3, 0.4) is 0 Å². The molecule has 0 saturated heterocycles. The molecule has 0 amide bonds. The largest absolute Gasteiger partial charge is 0.370 e. The Balaban J connectivity index is 1.52. The van der Waals surface area contributed by atoms with Crippen molar-refractivity contribution in [2.75, 3.05) is 17.2 Å². The van der Waals surface area contributed by atoms with Crippen LogP contribution >= 0.6 is 0 Å². The van der Waals surface area contributed by atoms with Crippen LogP contribution in [0.4, 0.5) is 23.0 Å². The first kappa shape index (κ1) is 17.4. The normalized spacial score (nSPS) is 10.7. The lowest BCUT2D eigenvalue weighted by Crippen LogP contribution is -2.09. The van der Waals surface area contributed by atoms with Gasteiger partial charge in [-0.3, -0.25) is 20.2 Å². The van der Waals surface area contributed by atoms with Crippen molar-refractivity contribution in [3.05, 3.63) is 76.7 Å². The van der Waals surface area contributed by atoms with Crippen LogP contribution < -0.4 is 10.6 Å². The zero-order valence-electron chi connectivity index (χ0n) is 14.8. The van der Waals surface area contributed by atoms with E-state index in [1.165, 1.54) is 6.07 Å². The Hall–Kier alpha value is -4.01. The van der Waals surface area contributed by atoms with Gasteiger partial charge in [-0.05, 0) is 36.4 Å². The summed E-state index contributed by atoms with van der Waals surface area (Å²) in [6, 6.07) is 14.3. The predicted molar refractivity (Wildman–Crippen MR) is 107 cm³/mol. The Morgan fingerprint density at radius 1 is 1.14 bits per heavy atom. The number of hydrogen-bond donors (Lipinski definition) is 3. The summed E-state index contributed by atoms with van der Waals surface area (Å²) in [6.07, 6.45) is 4.18. The van der Waals surface area contributed by atoms with E-state index in [1.54, 1.807) is 18.5 Å². The highest BCUT2D eigenvalue weighted by Crippen LogP contribution is 2.28. The molecule has 0 aliphatic carbocycles. The van der Waals surface area contributed by atoms with Crippen LogP contribution in [0.15, 0.2) is 60.9 Å². The van der Waals surface area contributed by atoms with Crippen LogP contribution in [0.1, 0.15) is 5.69 Å². The van der Waals surface area contributed by atoms with Crippen molar-refractivity contribution < 1.29 is 4.92 Å². The molecular formula is C19H17N7O2. The number of hydrogen-bond acceptors (Lipinski definition) is 7. The van der Waals surface area contributed by atoms with Gasteiger partial charge in [0.25, 0.3) is 0 Å². The summed E-state index contributed by atoms with van der Waals surface area (Å²) in [4.78, 5) is 19.6. The standard InChI is InChI=1S/C19H17N7O2/c27-26(28)17-6-7-18(21-10-8-14-3-1-2-9-20-14)24-19(17)23-15-5-4-13-12-22-25-16(13)11-15/h1-7,9,11-12H,8,10H2,(H,22,25)(H2,21,23,24). The van der Waals surface area contributed by atoms with Gasteiger partial charge < -0.3 is 10.6 Å². The van der Waals surface area contributed by atoms with Gasteiger partial charge in [-0.2, -0.15) is 5.10 Å². The number of nitrogens with one attached hydrogen (secondary N) is 3. The number of pyridine rings is 2. The average Bonchev–Trinajstić information content (AvgIpc) is 3.17. The van der Waals surface area contributed by atoms with E-state index in [4.69, 9.17) is 0 Å². The highest BCUT2D eigenvalue weighted by molar-refractivity contribution is 5.83. The van der Waals surface area contributed by atoms with Gasteiger partial charge in [0, 0.05) is 42.0 Å². The summed E-state index contributed by atoms with van der Waals surface area (Å²) in [5.74, 6) is 0.721. The van der Waals surface area contributed by atoms with E-state index in [0.29, 0.717) is 18.1 Å². The van der Waals surface area contributed by atoms with Gasteiger partial charge in [-0.1, -0.05) is 6.07 Å². The minimum absolute atomic E-state index is 0.0972. The molecule has 0 aliphatic rings. The zero-order valence-corrected chi connectivity index (χ0v) is 14.8. The number of rotatable bonds is 7. The fourth-order valence-electron chi connectivity index (χ4n) is 2.81. The monoisotopic (exact) mass is 375 g/mol. The summed E-state index contributed by atoms with van der Waals surface area (Å²) < 4.78 is 0. The molecule has 0 fully saturated rings. The van der Waals surface area contributed by atoms with Crippen molar-refractivity contribution in [2.45, 2.75) is 6.42 Å². The third kappa shape index (κ3) is 3.88. The van der Waals surface area contributed by atoms with E-state index >= 15 is 0 Å². The lowest BCUT2D eigenvalue weighted by Gasteiger charge is -2.10. The van der Waals surface area contributed by atoms with Crippen molar-refractivity contribution in [2.24, 2.45) is 0 Å². The fraction of sp³-hybridized carbons (Fsp3) is 0.105. The zero-order chi connectivity index (χ0) is 19.3. The Bertz CT molecular complexity index is 1110.